The molecular formula is C7H8N. The van der Waals surface area contributed by atoms with Crippen molar-refractivity contribution in [2.24, 2.45) is 0 Å². The maximum absolute atomic E-state index is 8.05. The summed E-state index contributed by atoms with van der Waals surface area (Å²) in [6.07, 6.45) is 9.65. The standard InChI is InChI=1S/C7H8N/c1-2-3-4-5-6-7-8/h3-6H2. The zero-order chi connectivity index (χ0) is 6.24. The van der Waals surface area contributed by atoms with Crippen LogP contribution in [0.5, 0.6) is 0 Å². The summed E-state index contributed by atoms with van der Waals surface area (Å²) >= 11 is 0. The number of hydrogen-bond acceptors (Lipinski definition) is 1. The van der Waals surface area contributed by atoms with Gasteiger partial charge in [0.05, 0.1) is 6.07 Å². The summed E-state index contributed by atoms with van der Waals surface area (Å²) in [6, 6.07) is 2.04. The Kier molecular flexibility index (Phi) is 5.33. The largest absolute Gasteiger partial charge is 0.198 e. The monoisotopic (exact) mass is 106 g/mol. The predicted octanol–water partition coefficient (Wildman–Crippen LogP) is 1.66. The van der Waals surface area contributed by atoms with E-state index in [0.29, 0.717) is 12.8 Å². The molecule has 0 N–H and O–H groups in total. The highest BCUT2D eigenvalue weighted by Gasteiger charge is 1.81. The van der Waals surface area contributed by atoms with Crippen LogP contribution in [0.2, 0.25) is 0 Å². The van der Waals surface area contributed by atoms with E-state index >= 15 is 0 Å². The second-order valence-corrected chi connectivity index (χ2v) is 1.54. The molecule has 1 radical (unpaired) electrons. The fourth-order valence-electron chi connectivity index (χ4n) is 0.417. The van der Waals surface area contributed by atoms with Gasteiger partial charge in [-0.05, 0) is 19.3 Å². The van der Waals surface area contributed by atoms with Gasteiger partial charge in [0, 0.05) is 12.8 Å². The molecular weight excluding hydrogens is 98.1 g/mol. The molecule has 0 aromatic carbocycles. The van der Waals surface area contributed by atoms with Crippen LogP contribution in [-0.4, -0.2) is 0 Å². The van der Waals surface area contributed by atoms with Crippen molar-refractivity contribution in [3.8, 4) is 12.0 Å². The Balaban J connectivity index is 2.77. The second kappa shape index (κ2) is 6.05. The summed E-state index contributed by atoms with van der Waals surface area (Å²) in [5.74, 6) is 2.27. The van der Waals surface area contributed by atoms with Gasteiger partial charge in [-0.2, -0.15) is 5.26 Å². The fourth-order valence-corrected chi connectivity index (χ4v) is 0.417. The maximum Gasteiger partial charge on any atom is 0.0621 e. The lowest BCUT2D eigenvalue weighted by Gasteiger charge is -1.84. The van der Waals surface area contributed by atoms with Gasteiger partial charge in [0.25, 0.3) is 0 Å². The number of nitriles is 1. The van der Waals surface area contributed by atoms with Crippen LogP contribution in [0.15, 0.2) is 0 Å². The van der Waals surface area contributed by atoms with Gasteiger partial charge in [0.2, 0.25) is 0 Å². The summed E-state index contributed by atoms with van der Waals surface area (Å²) in [5.41, 5.74) is 0. The molecule has 0 saturated heterocycles. The van der Waals surface area contributed by atoms with Crippen LogP contribution < -0.4 is 0 Å². The van der Waals surface area contributed by atoms with Crippen molar-refractivity contribution in [2.75, 3.05) is 0 Å². The first-order valence-electron chi connectivity index (χ1n) is 2.68. The molecule has 0 aliphatic carbocycles. The minimum Gasteiger partial charge on any atom is -0.198 e. The Labute approximate surface area is 50.3 Å². The highest BCUT2D eigenvalue weighted by Crippen LogP contribution is 1.95. The topological polar surface area (TPSA) is 23.8 Å². The molecule has 0 unspecified atom stereocenters. The SMILES string of the molecule is [C]#CCCCCC#N. The van der Waals surface area contributed by atoms with E-state index in [4.69, 9.17) is 11.7 Å². The zero-order valence-corrected chi connectivity index (χ0v) is 4.78. The summed E-state index contributed by atoms with van der Waals surface area (Å²) in [5, 5.41) is 8.05. The van der Waals surface area contributed by atoms with Crippen molar-refractivity contribution in [3.05, 3.63) is 6.42 Å². The van der Waals surface area contributed by atoms with Gasteiger partial charge in [-0.15, -0.1) is 0 Å². The van der Waals surface area contributed by atoms with E-state index in [1.54, 1.807) is 0 Å². The molecule has 0 aliphatic rings. The highest BCUT2D eigenvalue weighted by molar-refractivity contribution is 4.76. The third-order valence-corrected chi connectivity index (χ3v) is 0.840. The summed E-state index contributed by atoms with van der Waals surface area (Å²) in [4.78, 5) is 0. The van der Waals surface area contributed by atoms with Gasteiger partial charge >= 0.3 is 0 Å². The summed E-state index contributed by atoms with van der Waals surface area (Å²) in [6.45, 7) is 0. The molecule has 0 spiro atoms. The van der Waals surface area contributed by atoms with Gasteiger partial charge < -0.3 is 0 Å². The minimum absolute atomic E-state index is 0.613. The van der Waals surface area contributed by atoms with Crippen molar-refractivity contribution >= 4 is 0 Å². The van der Waals surface area contributed by atoms with E-state index in [2.05, 4.69) is 5.92 Å². The van der Waals surface area contributed by atoms with Gasteiger partial charge in [0.15, 0.2) is 0 Å². The molecule has 0 aromatic rings. The Morgan fingerprint density at radius 2 is 1.88 bits per heavy atom. The lowest BCUT2D eigenvalue weighted by molar-refractivity contribution is 0.778. The van der Waals surface area contributed by atoms with Gasteiger partial charge in [-0.3, -0.25) is 0 Å². The van der Waals surface area contributed by atoms with E-state index < -0.39 is 0 Å². The highest BCUT2D eigenvalue weighted by atomic mass is 14.2. The van der Waals surface area contributed by atoms with Crippen molar-refractivity contribution in [1.29, 1.82) is 5.26 Å². The average molecular weight is 106 g/mol. The van der Waals surface area contributed by atoms with Crippen molar-refractivity contribution < 1.29 is 0 Å². The van der Waals surface area contributed by atoms with Gasteiger partial charge in [-0.25, -0.2) is 0 Å². The van der Waals surface area contributed by atoms with Crippen LogP contribution in [0.1, 0.15) is 25.7 Å². The molecule has 41 valence electrons. The van der Waals surface area contributed by atoms with Gasteiger partial charge in [-0.1, -0.05) is 5.92 Å². The van der Waals surface area contributed by atoms with E-state index in [9.17, 15) is 0 Å². The van der Waals surface area contributed by atoms with Crippen LogP contribution in [-0.2, 0) is 0 Å². The molecule has 0 rings (SSSR count). The molecule has 0 fully saturated rings. The molecule has 0 amide bonds. The smallest absolute Gasteiger partial charge is 0.0621 e. The Bertz CT molecular complexity index is 97.3. The van der Waals surface area contributed by atoms with Crippen LogP contribution in [0.4, 0.5) is 0 Å². The van der Waals surface area contributed by atoms with Crippen molar-refractivity contribution in [1.82, 2.24) is 0 Å². The third-order valence-electron chi connectivity index (χ3n) is 0.840. The maximum atomic E-state index is 8.05. The quantitative estimate of drug-likeness (QED) is 0.396. The number of nitrogens with zero attached hydrogens (tertiary/aromatic N) is 1. The van der Waals surface area contributed by atoms with Crippen LogP contribution in [0, 0.1) is 23.7 Å². The molecule has 8 heavy (non-hydrogen) atoms. The van der Waals surface area contributed by atoms with E-state index in [1.807, 2.05) is 6.07 Å². The summed E-state index contributed by atoms with van der Waals surface area (Å²) in [7, 11) is 0. The van der Waals surface area contributed by atoms with Crippen molar-refractivity contribution in [3.63, 3.8) is 0 Å². The molecule has 1 heteroatoms. The zero-order valence-electron chi connectivity index (χ0n) is 4.78. The Hall–Kier alpha value is -0.950. The number of unbranched alkanes of at least 4 members (excludes halogenated alkanes) is 3. The molecule has 0 heterocycles. The first kappa shape index (κ1) is 7.05. The van der Waals surface area contributed by atoms with Crippen LogP contribution in [0.3, 0.4) is 0 Å². The lowest BCUT2D eigenvalue weighted by atomic mass is 10.2. The second-order valence-electron chi connectivity index (χ2n) is 1.54. The van der Waals surface area contributed by atoms with Crippen LogP contribution in [0.25, 0.3) is 0 Å². The number of rotatable bonds is 3. The molecule has 1 nitrogen and oxygen atoms in total. The fraction of sp³-hybridized carbons (Fsp3) is 0.571. The summed E-state index contributed by atoms with van der Waals surface area (Å²) < 4.78 is 0. The van der Waals surface area contributed by atoms with Crippen molar-refractivity contribution in [2.45, 2.75) is 25.7 Å². The van der Waals surface area contributed by atoms with E-state index in [1.165, 1.54) is 0 Å². The molecule has 0 aliphatic heterocycles. The predicted molar refractivity (Wildman–Crippen MR) is 31.2 cm³/mol. The average Bonchev–Trinajstić information content (AvgIpc) is 1.81. The lowest BCUT2D eigenvalue weighted by Crippen LogP contribution is -1.70. The third kappa shape index (κ3) is 5.05. The van der Waals surface area contributed by atoms with E-state index in [0.717, 1.165) is 12.8 Å². The Morgan fingerprint density at radius 1 is 1.25 bits per heavy atom. The van der Waals surface area contributed by atoms with Gasteiger partial charge in [0.1, 0.15) is 0 Å². The molecule has 0 bridgehead atoms. The molecule has 0 aromatic heterocycles. The first-order chi connectivity index (χ1) is 3.91. The number of hydrogen-bond donors (Lipinski definition) is 0. The van der Waals surface area contributed by atoms with E-state index in [-0.39, 0.29) is 0 Å². The molecule has 0 atom stereocenters. The minimum atomic E-state index is 0.613. The van der Waals surface area contributed by atoms with Crippen LogP contribution >= 0.6 is 0 Å². The first-order valence-corrected chi connectivity index (χ1v) is 2.68. The molecule has 0 saturated carbocycles. The Morgan fingerprint density at radius 3 is 2.38 bits per heavy atom. The normalized spacial score (nSPS) is 7.25.